The van der Waals surface area contributed by atoms with E-state index in [0.717, 1.165) is 5.56 Å². The lowest BCUT2D eigenvalue weighted by Crippen LogP contribution is -2.12. The molecule has 0 fully saturated rings. The molecule has 6 heteroatoms. The van der Waals surface area contributed by atoms with Crippen molar-refractivity contribution >= 4 is 27.7 Å². The number of phenols is 1. The van der Waals surface area contributed by atoms with Crippen molar-refractivity contribution in [3.63, 3.8) is 0 Å². The molecule has 0 radical (unpaired) electrons. The number of phenolic OH excluding ortho intramolecular Hbond substituents is 1. The first-order valence-corrected chi connectivity index (χ1v) is 6.01. The summed E-state index contributed by atoms with van der Waals surface area (Å²) >= 11 is 3.21. The van der Waals surface area contributed by atoms with E-state index in [1.54, 1.807) is 19.9 Å². The van der Waals surface area contributed by atoms with E-state index in [1.165, 1.54) is 12.1 Å². The summed E-state index contributed by atoms with van der Waals surface area (Å²) in [7, 11) is 0. The molecule has 1 aromatic carbocycles. The number of hydrogen-bond acceptors (Lipinski definition) is 4. The van der Waals surface area contributed by atoms with E-state index in [-0.39, 0.29) is 11.3 Å². The zero-order chi connectivity index (χ0) is 13.3. The second-order valence-corrected chi connectivity index (χ2v) is 4.75. The second-order valence-electron chi connectivity index (χ2n) is 3.84. The van der Waals surface area contributed by atoms with Crippen LogP contribution in [-0.2, 0) is 0 Å². The van der Waals surface area contributed by atoms with E-state index in [1.807, 2.05) is 0 Å². The van der Waals surface area contributed by atoms with Gasteiger partial charge in [-0.2, -0.15) is 0 Å². The molecule has 5 nitrogen and oxygen atoms in total. The Labute approximate surface area is 112 Å². The Kier molecular flexibility index (Phi) is 3.38. The molecular weight excluding hydrogens is 300 g/mol. The number of aryl methyl sites for hydroxylation is 1. The highest BCUT2D eigenvalue weighted by atomic mass is 79.9. The molecule has 1 heterocycles. The molecule has 0 atom stereocenters. The molecule has 2 N–H and O–H groups in total. The maximum absolute atomic E-state index is 11.9. The molecule has 94 valence electrons. The first kappa shape index (κ1) is 12.6. The largest absolute Gasteiger partial charge is 0.507 e. The van der Waals surface area contributed by atoms with Gasteiger partial charge in [-0.3, -0.25) is 10.1 Å². The first-order chi connectivity index (χ1) is 8.49. The van der Waals surface area contributed by atoms with Crippen molar-refractivity contribution in [2.24, 2.45) is 0 Å². The summed E-state index contributed by atoms with van der Waals surface area (Å²) in [6, 6.07) is 4.65. The SMILES string of the molecule is Cc1noc(NC(=O)c2ccc(Br)cc2O)c1C. The minimum Gasteiger partial charge on any atom is -0.507 e. The number of rotatable bonds is 2. The van der Waals surface area contributed by atoms with Crippen molar-refractivity contribution < 1.29 is 14.4 Å². The fourth-order valence-electron chi connectivity index (χ4n) is 1.40. The zero-order valence-electron chi connectivity index (χ0n) is 9.82. The second kappa shape index (κ2) is 4.81. The fourth-order valence-corrected chi connectivity index (χ4v) is 1.75. The Bertz CT molecular complexity index is 607. The van der Waals surface area contributed by atoms with Gasteiger partial charge in [0.25, 0.3) is 5.91 Å². The molecule has 0 spiro atoms. The molecule has 0 aliphatic heterocycles. The van der Waals surface area contributed by atoms with E-state index in [0.29, 0.717) is 16.1 Å². The number of nitrogens with one attached hydrogen (secondary N) is 1. The smallest absolute Gasteiger partial charge is 0.261 e. The summed E-state index contributed by atoms with van der Waals surface area (Å²) in [5, 5.41) is 16.0. The Morgan fingerprint density at radius 1 is 1.44 bits per heavy atom. The van der Waals surface area contributed by atoms with Crippen LogP contribution in [0.3, 0.4) is 0 Å². The van der Waals surface area contributed by atoms with Crippen molar-refractivity contribution in [2.75, 3.05) is 5.32 Å². The molecule has 1 amide bonds. The van der Waals surface area contributed by atoms with Crippen LogP contribution < -0.4 is 5.32 Å². The van der Waals surface area contributed by atoms with E-state index in [2.05, 4.69) is 26.4 Å². The summed E-state index contributed by atoms with van der Waals surface area (Å²) in [4.78, 5) is 11.9. The van der Waals surface area contributed by atoms with Gasteiger partial charge >= 0.3 is 0 Å². The molecule has 0 aliphatic rings. The maximum atomic E-state index is 11.9. The topological polar surface area (TPSA) is 75.4 Å². The third-order valence-corrected chi connectivity index (χ3v) is 3.08. The van der Waals surface area contributed by atoms with Gasteiger partial charge in [0.15, 0.2) is 0 Å². The number of halogens is 1. The van der Waals surface area contributed by atoms with Crippen molar-refractivity contribution in [3.8, 4) is 5.75 Å². The Balaban J connectivity index is 2.25. The quantitative estimate of drug-likeness (QED) is 0.894. The van der Waals surface area contributed by atoms with Crippen LogP contribution in [0.5, 0.6) is 5.75 Å². The van der Waals surface area contributed by atoms with Gasteiger partial charge in [-0.1, -0.05) is 21.1 Å². The van der Waals surface area contributed by atoms with Crippen LogP contribution in [0.25, 0.3) is 0 Å². The number of carbonyl (C=O) groups is 1. The van der Waals surface area contributed by atoms with Gasteiger partial charge in [0.1, 0.15) is 5.75 Å². The van der Waals surface area contributed by atoms with Crippen LogP contribution in [0.1, 0.15) is 21.6 Å². The zero-order valence-corrected chi connectivity index (χ0v) is 11.4. The summed E-state index contributed by atoms with van der Waals surface area (Å²) < 4.78 is 5.68. The predicted octanol–water partition coefficient (Wildman–Crippen LogP) is 3.01. The lowest BCUT2D eigenvalue weighted by Gasteiger charge is -2.05. The molecular formula is C12H11BrN2O3. The molecule has 0 saturated heterocycles. The van der Waals surface area contributed by atoms with Gasteiger partial charge in [-0.25, -0.2) is 0 Å². The normalized spacial score (nSPS) is 10.4. The van der Waals surface area contributed by atoms with Crippen LogP contribution in [0.15, 0.2) is 27.2 Å². The van der Waals surface area contributed by atoms with Gasteiger partial charge in [0, 0.05) is 10.0 Å². The number of benzene rings is 1. The average Bonchev–Trinajstić information content (AvgIpc) is 2.61. The molecule has 2 rings (SSSR count). The number of anilines is 1. The standard InChI is InChI=1S/C12H11BrN2O3/c1-6-7(2)15-18-12(6)14-11(17)9-4-3-8(13)5-10(9)16/h3-5,16H,1-2H3,(H,14,17). The molecule has 0 bridgehead atoms. The molecule has 0 unspecified atom stereocenters. The summed E-state index contributed by atoms with van der Waals surface area (Å²) in [5.41, 5.74) is 1.65. The number of amides is 1. The molecule has 18 heavy (non-hydrogen) atoms. The van der Waals surface area contributed by atoms with Crippen molar-refractivity contribution in [1.29, 1.82) is 0 Å². The number of carbonyl (C=O) groups excluding carboxylic acids is 1. The summed E-state index contributed by atoms with van der Waals surface area (Å²) in [5.74, 6) is -0.255. The highest BCUT2D eigenvalue weighted by molar-refractivity contribution is 9.10. The van der Waals surface area contributed by atoms with Gasteiger partial charge in [-0.15, -0.1) is 0 Å². The van der Waals surface area contributed by atoms with E-state index < -0.39 is 5.91 Å². The lowest BCUT2D eigenvalue weighted by molar-refractivity contribution is 0.102. The molecule has 0 aliphatic carbocycles. The number of nitrogens with zero attached hydrogens (tertiary/aromatic N) is 1. The third kappa shape index (κ3) is 2.38. The van der Waals surface area contributed by atoms with Crippen molar-refractivity contribution in [1.82, 2.24) is 5.16 Å². The molecule has 1 aromatic heterocycles. The number of hydrogen-bond donors (Lipinski definition) is 2. The Hall–Kier alpha value is -1.82. The Morgan fingerprint density at radius 3 is 2.72 bits per heavy atom. The summed E-state index contributed by atoms with van der Waals surface area (Å²) in [6.45, 7) is 3.58. The van der Waals surface area contributed by atoms with Gasteiger partial charge in [-0.05, 0) is 32.0 Å². The van der Waals surface area contributed by atoms with Crippen LogP contribution in [0.4, 0.5) is 5.88 Å². The van der Waals surface area contributed by atoms with E-state index in [4.69, 9.17) is 4.52 Å². The summed E-state index contributed by atoms with van der Waals surface area (Å²) in [6.07, 6.45) is 0. The van der Waals surface area contributed by atoms with Crippen LogP contribution >= 0.6 is 15.9 Å². The van der Waals surface area contributed by atoms with Gasteiger partial charge < -0.3 is 9.63 Å². The molecule has 0 saturated carbocycles. The van der Waals surface area contributed by atoms with Crippen LogP contribution in [0.2, 0.25) is 0 Å². The van der Waals surface area contributed by atoms with Gasteiger partial charge in [0.05, 0.1) is 11.3 Å². The van der Waals surface area contributed by atoms with Crippen molar-refractivity contribution in [3.05, 3.63) is 39.5 Å². The van der Waals surface area contributed by atoms with Gasteiger partial charge in [0.2, 0.25) is 5.88 Å². The first-order valence-electron chi connectivity index (χ1n) is 5.22. The minimum absolute atomic E-state index is 0.101. The van der Waals surface area contributed by atoms with Crippen LogP contribution in [-0.4, -0.2) is 16.2 Å². The van der Waals surface area contributed by atoms with Crippen molar-refractivity contribution in [2.45, 2.75) is 13.8 Å². The predicted molar refractivity (Wildman–Crippen MR) is 69.7 cm³/mol. The third-order valence-electron chi connectivity index (χ3n) is 2.59. The average molecular weight is 311 g/mol. The highest BCUT2D eigenvalue weighted by Crippen LogP contribution is 2.24. The highest BCUT2D eigenvalue weighted by Gasteiger charge is 2.16. The molecule has 2 aromatic rings. The van der Waals surface area contributed by atoms with E-state index >= 15 is 0 Å². The number of aromatic nitrogens is 1. The Morgan fingerprint density at radius 2 is 2.17 bits per heavy atom. The maximum Gasteiger partial charge on any atom is 0.261 e. The fraction of sp³-hybridized carbons (Fsp3) is 0.167. The lowest BCUT2D eigenvalue weighted by atomic mass is 10.2. The monoisotopic (exact) mass is 310 g/mol. The number of aromatic hydroxyl groups is 1. The minimum atomic E-state index is -0.445. The van der Waals surface area contributed by atoms with E-state index in [9.17, 15) is 9.90 Å². The van der Waals surface area contributed by atoms with Crippen LogP contribution in [0, 0.1) is 13.8 Å².